The van der Waals surface area contributed by atoms with E-state index in [0.717, 1.165) is 5.56 Å². The lowest BCUT2D eigenvalue weighted by Crippen LogP contribution is -1.80. The third-order valence-electron chi connectivity index (χ3n) is 1.70. The summed E-state index contributed by atoms with van der Waals surface area (Å²) >= 11 is 6.62. The second kappa shape index (κ2) is 6.46. The van der Waals surface area contributed by atoms with E-state index in [4.69, 9.17) is 20.9 Å². The average Bonchev–Trinajstić information content (AvgIpc) is 2.30. The van der Waals surface area contributed by atoms with E-state index in [9.17, 15) is 0 Å². The molecule has 82 valence electrons. The van der Waals surface area contributed by atoms with Gasteiger partial charge in [0.15, 0.2) is 0 Å². The lowest BCUT2D eigenvalue weighted by atomic mass is 10.2. The highest BCUT2D eigenvalue weighted by atomic mass is 32.9. The summed E-state index contributed by atoms with van der Waals surface area (Å²) in [6, 6.07) is 10.0. The van der Waals surface area contributed by atoms with Gasteiger partial charge in [0, 0.05) is 14.2 Å². The Hall–Kier alpha value is -0.120. The summed E-state index contributed by atoms with van der Waals surface area (Å²) in [5.74, 6) is 0. The first-order chi connectivity index (χ1) is 7.20. The standard InChI is InChI=1S/C10H13O2PS2/c1-11-13(14,12-2)15-9-8-10-6-4-3-5-7-10/h3-9H,1-2H3/b9-8+. The molecule has 15 heavy (non-hydrogen) atoms. The molecular formula is C10H13O2PS2. The fourth-order valence-electron chi connectivity index (χ4n) is 0.908. The number of benzene rings is 1. The molecule has 0 fully saturated rings. The zero-order valence-electron chi connectivity index (χ0n) is 8.62. The number of hydrogen-bond acceptors (Lipinski definition) is 4. The van der Waals surface area contributed by atoms with Crippen LogP contribution in [0.2, 0.25) is 0 Å². The molecule has 1 aromatic carbocycles. The quantitative estimate of drug-likeness (QED) is 0.747. The van der Waals surface area contributed by atoms with Crippen LogP contribution in [-0.2, 0) is 20.9 Å². The van der Waals surface area contributed by atoms with Gasteiger partial charge >= 0.3 is 0 Å². The highest BCUT2D eigenvalue weighted by Crippen LogP contribution is 2.60. The molecule has 0 bridgehead atoms. The van der Waals surface area contributed by atoms with Gasteiger partial charge in [-0.2, -0.15) is 0 Å². The van der Waals surface area contributed by atoms with Crippen LogP contribution in [0.25, 0.3) is 6.08 Å². The van der Waals surface area contributed by atoms with Gasteiger partial charge in [-0.15, -0.1) is 0 Å². The monoisotopic (exact) mass is 260 g/mol. The van der Waals surface area contributed by atoms with Crippen LogP contribution in [0.3, 0.4) is 0 Å². The van der Waals surface area contributed by atoms with E-state index in [1.165, 1.54) is 11.4 Å². The Morgan fingerprint density at radius 2 is 1.80 bits per heavy atom. The first kappa shape index (κ1) is 12.9. The summed E-state index contributed by atoms with van der Waals surface area (Å²) in [5, 5.41) is 1.92. The van der Waals surface area contributed by atoms with Crippen molar-refractivity contribution in [2.45, 2.75) is 0 Å². The van der Waals surface area contributed by atoms with Crippen LogP contribution < -0.4 is 0 Å². The van der Waals surface area contributed by atoms with Gasteiger partial charge in [0.2, 0.25) is 0 Å². The molecule has 5 heteroatoms. The summed E-state index contributed by atoms with van der Waals surface area (Å²) in [4.78, 5) is 0. The van der Waals surface area contributed by atoms with E-state index in [1.807, 2.05) is 41.8 Å². The molecule has 0 aliphatic heterocycles. The lowest BCUT2D eigenvalue weighted by molar-refractivity contribution is 0.354. The summed E-state index contributed by atoms with van der Waals surface area (Å²) < 4.78 is 10.3. The third-order valence-corrected chi connectivity index (χ3v) is 6.81. The normalized spacial score (nSPS) is 12.1. The van der Waals surface area contributed by atoms with Gasteiger partial charge in [-0.25, -0.2) is 0 Å². The maximum Gasteiger partial charge on any atom is 0.251 e. The van der Waals surface area contributed by atoms with Crippen molar-refractivity contribution < 1.29 is 9.05 Å². The molecule has 0 atom stereocenters. The Labute approximate surface area is 99.6 Å². The van der Waals surface area contributed by atoms with Crippen molar-refractivity contribution in [3.8, 4) is 0 Å². The number of hydrogen-bond donors (Lipinski definition) is 0. The molecule has 0 amide bonds. The Kier molecular flexibility index (Phi) is 5.58. The van der Waals surface area contributed by atoms with Gasteiger partial charge < -0.3 is 9.05 Å². The number of rotatable bonds is 5. The van der Waals surface area contributed by atoms with Gasteiger partial charge in [-0.3, -0.25) is 0 Å². The zero-order valence-corrected chi connectivity index (χ0v) is 11.1. The van der Waals surface area contributed by atoms with Crippen LogP contribution in [-0.4, -0.2) is 14.2 Å². The van der Waals surface area contributed by atoms with E-state index >= 15 is 0 Å². The smallest absolute Gasteiger partial charge is 0.251 e. The SMILES string of the molecule is COP(=S)(OC)S/C=C/c1ccccc1. The van der Waals surface area contributed by atoms with Gasteiger partial charge in [0.05, 0.1) is 0 Å². The van der Waals surface area contributed by atoms with Crippen LogP contribution in [0.1, 0.15) is 5.56 Å². The maximum atomic E-state index is 5.20. The zero-order chi connectivity index (χ0) is 11.1. The van der Waals surface area contributed by atoms with E-state index in [-0.39, 0.29) is 0 Å². The molecule has 0 aliphatic rings. The summed E-state index contributed by atoms with van der Waals surface area (Å²) in [6.45, 7) is 0. The third kappa shape index (κ3) is 4.49. The fraction of sp³-hybridized carbons (Fsp3) is 0.200. The van der Waals surface area contributed by atoms with E-state index in [2.05, 4.69) is 0 Å². The molecule has 1 rings (SSSR count). The minimum atomic E-state index is -2.15. The Bertz CT molecular complexity index is 357. The highest BCUT2D eigenvalue weighted by molar-refractivity contribution is 8.69. The van der Waals surface area contributed by atoms with Crippen molar-refractivity contribution in [2.24, 2.45) is 0 Å². The second-order valence-electron chi connectivity index (χ2n) is 2.63. The van der Waals surface area contributed by atoms with Crippen molar-refractivity contribution in [1.82, 2.24) is 0 Å². The van der Waals surface area contributed by atoms with Crippen molar-refractivity contribution in [3.05, 3.63) is 41.3 Å². The largest absolute Gasteiger partial charge is 0.325 e. The van der Waals surface area contributed by atoms with Crippen molar-refractivity contribution in [2.75, 3.05) is 14.2 Å². The highest BCUT2D eigenvalue weighted by Gasteiger charge is 2.13. The molecule has 0 spiro atoms. The van der Waals surface area contributed by atoms with Crippen molar-refractivity contribution >= 4 is 35.0 Å². The van der Waals surface area contributed by atoms with Crippen LogP contribution >= 0.6 is 17.1 Å². The first-order valence-electron chi connectivity index (χ1n) is 4.32. The molecule has 0 N–H and O–H groups in total. The molecule has 0 aliphatic carbocycles. The lowest BCUT2D eigenvalue weighted by Gasteiger charge is -2.13. The predicted molar refractivity (Wildman–Crippen MR) is 71.4 cm³/mol. The van der Waals surface area contributed by atoms with Crippen LogP contribution in [0, 0.1) is 0 Å². The molecule has 0 saturated carbocycles. The summed E-state index contributed by atoms with van der Waals surface area (Å²) in [7, 11) is 3.15. The topological polar surface area (TPSA) is 18.5 Å². The molecule has 1 aromatic rings. The van der Waals surface area contributed by atoms with Crippen LogP contribution in [0.5, 0.6) is 0 Å². The minimum absolute atomic E-state index is 1.14. The van der Waals surface area contributed by atoms with Gasteiger partial charge in [0.25, 0.3) is 5.69 Å². The van der Waals surface area contributed by atoms with Crippen LogP contribution in [0.4, 0.5) is 0 Å². The Balaban J connectivity index is 2.57. The summed E-state index contributed by atoms with van der Waals surface area (Å²) in [5.41, 5.74) is -1.02. The average molecular weight is 260 g/mol. The van der Waals surface area contributed by atoms with Gasteiger partial charge in [0.1, 0.15) is 0 Å². The minimum Gasteiger partial charge on any atom is -0.325 e. The maximum absolute atomic E-state index is 5.20. The van der Waals surface area contributed by atoms with Crippen molar-refractivity contribution in [1.29, 1.82) is 0 Å². The van der Waals surface area contributed by atoms with Gasteiger partial charge in [-0.1, -0.05) is 30.3 Å². The molecule has 0 aromatic heterocycles. The molecule has 0 heterocycles. The fourth-order valence-corrected chi connectivity index (χ4v) is 3.19. The molecule has 0 saturated heterocycles. The Morgan fingerprint density at radius 1 is 1.20 bits per heavy atom. The second-order valence-corrected chi connectivity index (χ2v) is 8.95. The first-order valence-corrected chi connectivity index (χ1v) is 8.44. The molecule has 0 unspecified atom stereocenters. The van der Waals surface area contributed by atoms with Gasteiger partial charge in [-0.05, 0) is 40.2 Å². The predicted octanol–water partition coefficient (Wildman–Crippen LogP) is 3.91. The Morgan fingerprint density at radius 3 is 2.33 bits per heavy atom. The molecular weight excluding hydrogens is 247 g/mol. The van der Waals surface area contributed by atoms with E-state index in [0.29, 0.717) is 0 Å². The summed E-state index contributed by atoms with van der Waals surface area (Å²) in [6.07, 6.45) is 1.99. The molecule has 0 radical (unpaired) electrons. The van der Waals surface area contributed by atoms with Crippen LogP contribution in [0.15, 0.2) is 35.7 Å². The van der Waals surface area contributed by atoms with E-state index < -0.39 is 5.69 Å². The van der Waals surface area contributed by atoms with E-state index in [1.54, 1.807) is 14.2 Å². The van der Waals surface area contributed by atoms with Crippen molar-refractivity contribution in [3.63, 3.8) is 0 Å². The molecule has 2 nitrogen and oxygen atoms in total.